The molecule has 2 aliphatic carbocycles. The molecule has 1 atom stereocenters. The summed E-state index contributed by atoms with van der Waals surface area (Å²) in [4.78, 5) is 25.0. The van der Waals surface area contributed by atoms with E-state index in [0.29, 0.717) is 29.1 Å². The number of nitrogens with one attached hydrogen (secondary N) is 1. The van der Waals surface area contributed by atoms with E-state index in [-0.39, 0.29) is 23.4 Å². The summed E-state index contributed by atoms with van der Waals surface area (Å²) in [7, 11) is 0. The number of rotatable bonds is 9. The van der Waals surface area contributed by atoms with Gasteiger partial charge in [0.1, 0.15) is 12.7 Å². The molecular formula is C32H44ClN7O2. The van der Waals surface area contributed by atoms with E-state index in [1.54, 1.807) is 6.33 Å². The number of benzene rings is 1. The van der Waals surface area contributed by atoms with Crippen molar-refractivity contribution in [3.63, 3.8) is 0 Å². The summed E-state index contributed by atoms with van der Waals surface area (Å²) in [6.07, 6.45) is 16.7. The van der Waals surface area contributed by atoms with Gasteiger partial charge in [-0.25, -0.2) is 4.98 Å². The van der Waals surface area contributed by atoms with Crippen LogP contribution in [0.1, 0.15) is 93.8 Å². The molecule has 3 fully saturated rings. The molecule has 1 saturated heterocycles. The van der Waals surface area contributed by atoms with Crippen molar-refractivity contribution >= 4 is 17.5 Å². The summed E-state index contributed by atoms with van der Waals surface area (Å²) < 4.78 is 7.47. The third-order valence-electron chi connectivity index (χ3n) is 10.2. The third-order valence-corrected chi connectivity index (χ3v) is 10.4. The highest BCUT2D eigenvalue weighted by atomic mass is 35.5. The maximum Gasteiger partial charge on any atom is 0.240 e. The summed E-state index contributed by atoms with van der Waals surface area (Å²) >= 11 is 6.18. The van der Waals surface area contributed by atoms with E-state index >= 15 is 0 Å². The van der Waals surface area contributed by atoms with Gasteiger partial charge in [-0.3, -0.25) is 9.48 Å². The standard InChI is InChI=1S/C32H44ClN7O2/c1-23-36-30(42-38-23)25-9-13-28(14-10-25)37-29(19-24-7-11-27(33)12-8-24)31(41)39-17-15-32(16-18-39,20-40-22-34-21-35-40)26-5-3-2-4-6-26/h7-8,11-12,21-22,25-26,28-29,37H,2-6,9-10,13-20H2,1H3/t25-,28-,29-/m1/s1. The Hall–Kier alpha value is -2.78. The SMILES string of the molecule is Cc1noc([C@H]2CC[C@H](N[C@H](Cc3ccc(Cl)cc3)C(=O)N3CCC(Cn4cncn4)(C4CCCCC4)CC3)CC2)n1. The Balaban J connectivity index is 1.13. The average Bonchev–Trinajstić information content (AvgIpc) is 3.70. The minimum absolute atomic E-state index is 0.176. The second-order valence-electron chi connectivity index (χ2n) is 12.9. The van der Waals surface area contributed by atoms with Gasteiger partial charge < -0.3 is 14.7 Å². The van der Waals surface area contributed by atoms with Gasteiger partial charge in [-0.2, -0.15) is 10.1 Å². The fourth-order valence-electron chi connectivity index (χ4n) is 7.78. The van der Waals surface area contributed by atoms with Gasteiger partial charge in [0.05, 0.1) is 6.04 Å². The van der Waals surface area contributed by atoms with Gasteiger partial charge in [0.25, 0.3) is 0 Å². The van der Waals surface area contributed by atoms with Gasteiger partial charge in [-0.15, -0.1) is 0 Å². The number of aromatic nitrogens is 5. The van der Waals surface area contributed by atoms with Crippen molar-refractivity contribution in [2.75, 3.05) is 13.1 Å². The van der Waals surface area contributed by atoms with Gasteiger partial charge >= 0.3 is 0 Å². The van der Waals surface area contributed by atoms with Crippen LogP contribution in [0.3, 0.4) is 0 Å². The van der Waals surface area contributed by atoms with Crippen molar-refractivity contribution in [1.82, 2.24) is 35.1 Å². The number of piperidine rings is 1. The highest BCUT2D eigenvalue weighted by molar-refractivity contribution is 6.30. The molecule has 2 aromatic heterocycles. The highest BCUT2D eigenvalue weighted by Crippen LogP contribution is 2.47. The van der Waals surface area contributed by atoms with Crippen LogP contribution >= 0.6 is 11.6 Å². The van der Waals surface area contributed by atoms with Crippen LogP contribution in [-0.4, -0.2) is 60.9 Å². The molecule has 0 radical (unpaired) electrons. The molecule has 0 unspecified atom stereocenters. The maximum atomic E-state index is 14.2. The Labute approximate surface area is 253 Å². The number of likely N-dealkylation sites (tertiary alicyclic amines) is 1. The summed E-state index contributed by atoms with van der Waals surface area (Å²) in [6, 6.07) is 7.93. The number of hydrogen-bond acceptors (Lipinski definition) is 7. The average molecular weight is 594 g/mol. The maximum absolute atomic E-state index is 14.2. The van der Waals surface area contributed by atoms with Crippen LogP contribution in [0.5, 0.6) is 0 Å². The highest BCUT2D eigenvalue weighted by Gasteiger charge is 2.44. The Morgan fingerprint density at radius 1 is 1.07 bits per heavy atom. The Kier molecular flexibility index (Phi) is 9.24. The molecule has 9 nitrogen and oxygen atoms in total. The Morgan fingerprint density at radius 3 is 2.45 bits per heavy atom. The number of halogens is 1. The van der Waals surface area contributed by atoms with Crippen molar-refractivity contribution < 1.29 is 9.32 Å². The van der Waals surface area contributed by atoms with Crippen LogP contribution in [0.4, 0.5) is 0 Å². The molecule has 3 aliphatic rings. The number of nitrogens with zero attached hydrogens (tertiary/aromatic N) is 6. The number of amides is 1. The molecule has 6 rings (SSSR count). The summed E-state index contributed by atoms with van der Waals surface area (Å²) in [5.41, 5.74) is 1.30. The molecule has 1 aromatic carbocycles. The van der Waals surface area contributed by atoms with Gasteiger partial charge in [-0.05, 0) is 93.7 Å². The largest absolute Gasteiger partial charge is 0.341 e. The fraction of sp³-hybridized carbons (Fsp3) is 0.656. The van der Waals surface area contributed by atoms with Gasteiger partial charge in [0, 0.05) is 36.6 Å². The minimum Gasteiger partial charge on any atom is -0.341 e. The lowest BCUT2D eigenvalue weighted by Crippen LogP contribution is -2.55. The smallest absolute Gasteiger partial charge is 0.240 e. The van der Waals surface area contributed by atoms with E-state index in [9.17, 15) is 4.79 Å². The van der Waals surface area contributed by atoms with Crippen molar-refractivity contribution in [1.29, 1.82) is 0 Å². The molecule has 1 N–H and O–H groups in total. The Morgan fingerprint density at radius 2 is 1.81 bits per heavy atom. The van der Waals surface area contributed by atoms with Crippen LogP contribution in [0.25, 0.3) is 0 Å². The van der Waals surface area contributed by atoms with Crippen molar-refractivity contribution in [3.05, 3.63) is 59.2 Å². The zero-order chi connectivity index (χ0) is 28.9. The first-order valence-corrected chi connectivity index (χ1v) is 16.3. The van der Waals surface area contributed by atoms with Crippen molar-refractivity contribution in [2.24, 2.45) is 11.3 Å². The van der Waals surface area contributed by atoms with E-state index in [1.807, 2.05) is 42.2 Å². The van der Waals surface area contributed by atoms with E-state index in [2.05, 4.69) is 30.4 Å². The summed E-state index contributed by atoms with van der Waals surface area (Å²) in [5, 5.41) is 13.0. The predicted octanol–water partition coefficient (Wildman–Crippen LogP) is 5.74. The number of carbonyl (C=O) groups is 1. The van der Waals surface area contributed by atoms with Crippen molar-refractivity contribution in [2.45, 2.75) is 109 Å². The van der Waals surface area contributed by atoms with Gasteiger partial charge in [-0.1, -0.05) is 48.2 Å². The molecule has 3 heterocycles. The number of aryl methyl sites for hydroxylation is 1. The molecule has 2 saturated carbocycles. The molecule has 1 amide bonds. The second-order valence-corrected chi connectivity index (χ2v) is 13.3. The molecule has 10 heteroatoms. The second kappa shape index (κ2) is 13.2. The first-order chi connectivity index (χ1) is 20.5. The van der Waals surface area contributed by atoms with Crippen LogP contribution in [0, 0.1) is 18.3 Å². The van der Waals surface area contributed by atoms with E-state index < -0.39 is 0 Å². The summed E-state index contributed by atoms with van der Waals surface area (Å²) in [6.45, 7) is 4.36. The minimum atomic E-state index is -0.268. The first kappa shape index (κ1) is 29.3. The van der Waals surface area contributed by atoms with Crippen LogP contribution in [-0.2, 0) is 17.8 Å². The van der Waals surface area contributed by atoms with Gasteiger partial charge in [0.2, 0.25) is 11.8 Å². The number of carbonyl (C=O) groups excluding carboxylic acids is 1. The summed E-state index contributed by atoms with van der Waals surface area (Å²) in [5.74, 6) is 2.65. The van der Waals surface area contributed by atoms with E-state index in [4.69, 9.17) is 16.1 Å². The third kappa shape index (κ3) is 6.88. The predicted molar refractivity (Wildman–Crippen MR) is 161 cm³/mol. The topological polar surface area (TPSA) is 102 Å². The quantitative estimate of drug-likeness (QED) is 0.337. The zero-order valence-electron chi connectivity index (χ0n) is 24.8. The molecule has 3 aromatic rings. The van der Waals surface area contributed by atoms with Crippen LogP contribution in [0.15, 0.2) is 41.4 Å². The lowest BCUT2D eigenvalue weighted by Gasteiger charge is -2.48. The van der Waals surface area contributed by atoms with Gasteiger partial charge in [0.15, 0.2) is 5.82 Å². The Bertz CT molecular complexity index is 1270. The molecular weight excluding hydrogens is 550 g/mol. The molecule has 226 valence electrons. The first-order valence-electron chi connectivity index (χ1n) is 15.9. The molecule has 1 aliphatic heterocycles. The monoisotopic (exact) mass is 593 g/mol. The molecule has 42 heavy (non-hydrogen) atoms. The van der Waals surface area contributed by atoms with Crippen LogP contribution < -0.4 is 5.32 Å². The fourth-order valence-corrected chi connectivity index (χ4v) is 7.91. The lowest BCUT2D eigenvalue weighted by molar-refractivity contribution is -0.137. The van der Waals surface area contributed by atoms with E-state index in [0.717, 1.165) is 69.6 Å². The van der Waals surface area contributed by atoms with Crippen molar-refractivity contribution in [3.8, 4) is 0 Å². The molecule has 0 bridgehead atoms. The van der Waals surface area contributed by atoms with Crippen LogP contribution in [0.2, 0.25) is 5.02 Å². The zero-order valence-corrected chi connectivity index (χ0v) is 25.5. The van der Waals surface area contributed by atoms with E-state index in [1.165, 1.54) is 32.1 Å². The number of hydrogen-bond donors (Lipinski definition) is 1. The molecule has 0 spiro atoms. The normalized spacial score (nSPS) is 24.0. The lowest BCUT2D eigenvalue weighted by atomic mass is 9.63.